The van der Waals surface area contributed by atoms with Gasteiger partial charge in [-0.25, -0.2) is 0 Å². The van der Waals surface area contributed by atoms with Crippen LogP contribution < -0.4 is 0 Å². The molecular formula is C24H51N. The first-order valence-corrected chi connectivity index (χ1v) is 11.9. The molecule has 0 spiro atoms. The molecule has 0 N–H and O–H groups in total. The molecule has 1 heteroatoms. The number of hydrogen-bond acceptors (Lipinski definition) is 1. The quantitative estimate of drug-likeness (QED) is 0.199. The van der Waals surface area contributed by atoms with Crippen molar-refractivity contribution in [1.29, 1.82) is 0 Å². The molecule has 0 fully saturated rings. The Balaban J connectivity index is 3.54. The molecule has 0 aromatic heterocycles. The summed E-state index contributed by atoms with van der Waals surface area (Å²) in [6.45, 7) is 13.3. The molecule has 0 atom stereocenters. The average molecular weight is 354 g/mol. The molecule has 0 aliphatic carbocycles. The van der Waals surface area contributed by atoms with Gasteiger partial charge in [0.25, 0.3) is 0 Å². The summed E-state index contributed by atoms with van der Waals surface area (Å²) in [5.74, 6) is 0.878. The normalized spacial score (nSPS) is 11.8. The second kappa shape index (κ2) is 20.3. The molecule has 0 amide bonds. The molecule has 0 rings (SSSR count). The third-order valence-corrected chi connectivity index (χ3v) is 5.41. The van der Waals surface area contributed by atoms with Crippen molar-refractivity contribution in [2.24, 2.45) is 5.92 Å². The fourth-order valence-electron chi connectivity index (χ4n) is 3.60. The van der Waals surface area contributed by atoms with Gasteiger partial charge in [-0.1, -0.05) is 111 Å². The highest BCUT2D eigenvalue weighted by molar-refractivity contribution is 4.60. The third kappa shape index (κ3) is 20.1. The van der Waals surface area contributed by atoms with Crippen molar-refractivity contribution in [1.82, 2.24) is 4.90 Å². The van der Waals surface area contributed by atoms with Gasteiger partial charge in [-0.15, -0.1) is 0 Å². The van der Waals surface area contributed by atoms with E-state index in [1.807, 2.05) is 0 Å². The zero-order chi connectivity index (χ0) is 18.6. The highest BCUT2D eigenvalue weighted by Crippen LogP contribution is 2.12. The largest absolute Gasteiger partial charge is 0.303 e. The van der Waals surface area contributed by atoms with Gasteiger partial charge < -0.3 is 4.90 Å². The minimum absolute atomic E-state index is 0.878. The van der Waals surface area contributed by atoms with Gasteiger partial charge in [-0.05, 0) is 44.8 Å². The Morgan fingerprint density at radius 2 is 0.880 bits per heavy atom. The van der Waals surface area contributed by atoms with Crippen molar-refractivity contribution in [2.45, 2.75) is 130 Å². The van der Waals surface area contributed by atoms with E-state index < -0.39 is 0 Å². The summed E-state index contributed by atoms with van der Waals surface area (Å²) in [7, 11) is 0. The van der Waals surface area contributed by atoms with Crippen LogP contribution in [0.5, 0.6) is 0 Å². The average Bonchev–Trinajstić information content (AvgIpc) is 2.59. The van der Waals surface area contributed by atoms with Crippen LogP contribution >= 0.6 is 0 Å². The summed E-state index contributed by atoms with van der Waals surface area (Å²) < 4.78 is 0. The molecule has 0 heterocycles. The van der Waals surface area contributed by atoms with E-state index >= 15 is 0 Å². The van der Waals surface area contributed by atoms with Gasteiger partial charge in [0.15, 0.2) is 0 Å². The third-order valence-electron chi connectivity index (χ3n) is 5.41. The standard InChI is InChI=1S/C24H51N/c1-5-7-9-10-11-12-13-14-15-18-22-25(21-8-6-2)23-19-16-17-20-24(3)4/h24H,5-23H2,1-4H3. The van der Waals surface area contributed by atoms with Gasteiger partial charge in [-0.2, -0.15) is 0 Å². The van der Waals surface area contributed by atoms with Gasteiger partial charge in [0.05, 0.1) is 0 Å². The van der Waals surface area contributed by atoms with E-state index in [0.29, 0.717) is 0 Å². The van der Waals surface area contributed by atoms with Gasteiger partial charge in [0.1, 0.15) is 0 Å². The van der Waals surface area contributed by atoms with E-state index in [4.69, 9.17) is 0 Å². The van der Waals surface area contributed by atoms with Crippen molar-refractivity contribution in [3.63, 3.8) is 0 Å². The molecular weight excluding hydrogens is 302 g/mol. The molecule has 0 aliphatic heterocycles. The monoisotopic (exact) mass is 353 g/mol. The summed E-state index contributed by atoms with van der Waals surface area (Å²) in [5.41, 5.74) is 0. The lowest BCUT2D eigenvalue weighted by Crippen LogP contribution is -2.27. The summed E-state index contributed by atoms with van der Waals surface area (Å²) in [6, 6.07) is 0. The lowest BCUT2D eigenvalue weighted by Gasteiger charge is -2.22. The zero-order valence-corrected chi connectivity index (χ0v) is 18.5. The van der Waals surface area contributed by atoms with E-state index in [2.05, 4.69) is 32.6 Å². The maximum atomic E-state index is 2.75. The summed E-state index contributed by atoms with van der Waals surface area (Å²) in [5, 5.41) is 0. The van der Waals surface area contributed by atoms with Crippen LogP contribution in [0.2, 0.25) is 0 Å². The SMILES string of the molecule is CCCCCCCCCCCCN(CCCC)CCCCCC(C)C. The maximum Gasteiger partial charge on any atom is -0.00187 e. The predicted molar refractivity (Wildman–Crippen MR) is 116 cm³/mol. The Kier molecular flexibility index (Phi) is 20.2. The van der Waals surface area contributed by atoms with Crippen molar-refractivity contribution in [3.05, 3.63) is 0 Å². The highest BCUT2D eigenvalue weighted by atomic mass is 15.1. The van der Waals surface area contributed by atoms with Crippen LogP contribution in [0.4, 0.5) is 0 Å². The van der Waals surface area contributed by atoms with Gasteiger partial charge in [-0.3, -0.25) is 0 Å². The highest BCUT2D eigenvalue weighted by Gasteiger charge is 2.04. The molecule has 0 bridgehead atoms. The van der Waals surface area contributed by atoms with Crippen LogP contribution in [-0.4, -0.2) is 24.5 Å². The molecule has 0 aromatic carbocycles. The molecule has 1 nitrogen and oxygen atoms in total. The minimum atomic E-state index is 0.878. The first-order chi connectivity index (χ1) is 12.2. The first-order valence-electron chi connectivity index (χ1n) is 11.9. The predicted octanol–water partition coefficient (Wildman–Crippen LogP) is 8.23. The Hall–Kier alpha value is -0.0400. The van der Waals surface area contributed by atoms with Gasteiger partial charge in [0.2, 0.25) is 0 Å². The number of nitrogens with zero attached hydrogens (tertiary/aromatic N) is 1. The molecule has 0 aromatic rings. The second-order valence-corrected chi connectivity index (χ2v) is 8.62. The maximum absolute atomic E-state index is 2.75. The lowest BCUT2D eigenvalue weighted by molar-refractivity contribution is 0.256. The van der Waals surface area contributed by atoms with E-state index in [1.165, 1.54) is 122 Å². The summed E-state index contributed by atoms with van der Waals surface area (Å²) in [6.07, 6.45) is 22.9. The molecule has 0 saturated carbocycles. The second-order valence-electron chi connectivity index (χ2n) is 8.62. The molecule has 0 aliphatic rings. The van der Waals surface area contributed by atoms with Crippen LogP contribution in [0, 0.1) is 5.92 Å². The molecule has 25 heavy (non-hydrogen) atoms. The Bertz CT molecular complexity index is 236. The number of hydrogen-bond donors (Lipinski definition) is 0. The number of unbranched alkanes of at least 4 members (excludes halogenated alkanes) is 12. The van der Waals surface area contributed by atoms with Gasteiger partial charge >= 0.3 is 0 Å². The van der Waals surface area contributed by atoms with E-state index in [9.17, 15) is 0 Å². The van der Waals surface area contributed by atoms with Crippen LogP contribution in [0.3, 0.4) is 0 Å². The van der Waals surface area contributed by atoms with Crippen molar-refractivity contribution in [3.8, 4) is 0 Å². The van der Waals surface area contributed by atoms with Gasteiger partial charge in [0, 0.05) is 0 Å². The molecule has 0 saturated heterocycles. The van der Waals surface area contributed by atoms with E-state index in [1.54, 1.807) is 0 Å². The Morgan fingerprint density at radius 3 is 1.36 bits per heavy atom. The fraction of sp³-hybridized carbons (Fsp3) is 1.00. The topological polar surface area (TPSA) is 3.24 Å². The summed E-state index contributed by atoms with van der Waals surface area (Å²) >= 11 is 0. The van der Waals surface area contributed by atoms with Crippen LogP contribution in [-0.2, 0) is 0 Å². The van der Waals surface area contributed by atoms with Crippen LogP contribution in [0.25, 0.3) is 0 Å². The number of rotatable bonds is 20. The lowest BCUT2D eigenvalue weighted by atomic mass is 10.0. The van der Waals surface area contributed by atoms with Crippen LogP contribution in [0.15, 0.2) is 0 Å². The van der Waals surface area contributed by atoms with Crippen molar-refractivity contribution in [2.75, 3.05) is 19.6 Å². The molecule has 152 valence electrons. The smallest absolute Gasteiger partial charge is 0.00187 e. The molecule has 0 radical (unpaired) electrons. The van der Waals surface area contributed by atoms with E-state index in [-0.39, 0.29) is 0 Å². The minimum Gasteiger partial charge on any atom is -0.303 e. The Labute approximate surface area is 161 Å². The first kappa shape index (κ1) is 25.0. The molecule has 0 unspecified atom stereocenters. The van der Waals surface area contributed by atoms with Crippen molar-refractivity contribution < 1.29 is 0 Å². The van der Waals surface area contributed by atoms with E-state index in [0.717, 1.165) is 5.92 Å². The summed E-state index contributed by atoms with van der Waals surface area (Å²) in [4.78, 5) is 2.75. The van der Waals surface area contributed by atoms with Crippen LogP contribution in [0.1, 0.15) is 130 Å². The Morgan fingerprint density at radius 1 is 0.480 bits per heavy atom. The zero-order valence-electron chi connectivity index (χ0n) is 18.5. The fourth-order valence-corrected chi connectivity index (χ4v) is 3.60. The van der Waals surface area contributed by atoms with Crippen molar-refractivity contribution >= 4 is 0 Å².